The average Bonchev–Trinajstić information content (AvgIpc) is 3.01. The van der Waals surface area contributed by atoms with E-state index >= 15 is 0 Å². The topological polar surface area (TPSA) is 84.0 Å². The number of anilines is 1. The number of nitrogens with zero attached hydrogens (tertiary/aromatic N) is 2. The van der Waals surface area contributed by atoms with Crippen LogP contribution in [0.3, 0.4) is 0 Å². The first-order valence-corrected chi connectivity index (χ1v) is 9.07. The van der Waals surface area contributed by atoms with Gasteiger partial charge in [0.05, 0.1) is 0 Å². The van der Waals surface area contributed by atoms with Gasteiger partial charge in [-0.2, -0.15) is 0 Å². The first kappa shape index (κ1) is 19.1. The second kappa shape index (κ2) is 7.74. The molecule has 0 spiro atoms. The molecule has 0 aliphatic carbocycles. The molecule has 0 saturated carbocycles. The summed E-state index contributed by atoms with van der Waals surface area (Å²) < 4.78 is 0. The number of carbonyl (C=O) groups is 2. The zero-order chi connectivity index (χ0) is 18.6. The van der Waals surface area contributed by atoms with Crippen LogP contribution in [0.4, 0.5) is 5.13 Å². The zero-order valence-electron chi connectivity index (χ0n) is 15.2. The van der Waals surface area contributed by atoms with Crippen LogP contribution in [-0.4, -0.2) is 28.1 Å². The van der Waals surface area contributed by atoms with Crippen molar-refractivity contribution in [1.29, 1.82) is 0 Å². The van der Waals surface area contributed by atoms with E-state index in [9.17, 15) is 9.59 Å². The zero-order valence-corrected chi connectivity index (χ0v) is 16.0. The minimum atomic E-state index is -0.677. The van der Waals surface area contributed by atoms with Gasteiger partial charge in [-0.05, 0) is 36.5 Å². The Morgan fingerprint density at radius 3 is 2.32 bits per heavy atom. The van der Waals surface area contributed by atoms with E-state index in [2.05, 4.69) is 41.6 Å². The predicted octanol–water partition coefficient (Wildman–Crippen LogP) is 3.16. The van der Waals surface area contributed by atoms with E-state index < -0.39 is 6.04 Å². The highest BCUT2D eigenvalue weighted by atomic mass is 32.1. The van der Waals surface area contributed by atoms with Crippen LogP contribution in [0.1, 0.15) is 55.5 Å². The molecule has 2 rings (SSSR count). The molecule has 0 aliphatic rings. The number of nitrogens with one attached hydrogen (secondary N) is 2. The number of aromatic nitrogens is 2. The maximum absolute atomic E-state index is 12.3. The fourth-order valence-electron chi connectivity index (χ4n) is 2.13. The van der Waals surface area contributed by atoms with Gasteiger partial charge in [-0.1, -0.05) is 51.2 Å². The summed E-state index contributed by atoms with van der Waals surface area (Å²) in [7, 11) is 0. The molecule has 2 aromatic rings. The number of benzene rings is 1. The van der Waals surface area contributed by atoms with E-state index in [1.54, 1.807) is 19.1 Å². The Morgan fingerprint density at radius 2 is 1.80 bits per heavy atom. The molecule has 0 saturated heterocycles. The van der Waals surface area contributed by atoms with Crippen LogP contribution >= 0.6 is 11.3 Å². The Balaban J connectivity index is 1.95. The van der Waals surface area contributed by atoms with E-state index in [1.807, 2.05) is 19.1 Å². The molecule has 0 aliphatic heterocycles. The second-order valence-electron chi connectivity index (χ2n) is 6.87. The van der Waals surface area contributed by atoms with Crippen molar-refractivity contribution in [3.8, 4) is 0 Å². The molecular weight excluding hydrogens is 336 g/mol. The van der Waals surface area contributed by atoms with Crippen molar-refractivity contribution >= 4 is 28.3 Å². The Hall–Kier alpha value is -2.28. The monoisotopic (exact) mass is 360 g/mol. The van der Waals surface area contributed by atoms with Gasteiger partial charge in [-0.3, -0.25) is 14.9 Å². The number of rotatable bonds is 5. The summed E-state index contributed by atoms with van der Waals surface area (Å²) in [4.78, 5) is 24.5. The van der Waals surface area contributed by atoms with Crippen LogP contribution in [-0.2, 0) is 16.6 Å². The number of hydrogen-bond acceptors (Lipinski definition) is 5. The highest BCUT2D eigenvalue weighted by Crippen LogP contribution is 2.22. The van der Waals surface area contributed by atoms with Gasteiger partial charge in [0.15, 0.2) is 0 Å². The van der Waals surface area contributed by atoms with Crippen molar-refractivity contribution in [2.75, 3.05) is 5.32 Å². The van der Waals surface area contributed by atoms with Gasteiger partial charge in [0.25, 0.3) is 5.91 Å². The van der Waals surface area contributed by atoms with Crippen LogP contribution in [0.5, 0.6) is 0 Å². The van der Waals surface area contributed by atoms with Crippen molar-refractivity contribution in [3.05, 3.63) is 40.4 Å². The van der Waals surface area contributed by atoms with Gasteiger partial charge < -0.3 is 5.32 Å². The Morgan fingerprint density at radius 1 is 1.16 bits per heavy atom. The summed E-state index contributed by atoms with van der Waals surface area (Å²) in [5.41, 5.74) is 1.70. The van der Waals surface area contributed by atoms with Gasteiger partial charge in [-0.15, -0.1) is 10.2 Å². The summed E-state index contributed by atoms with van der Waals surface area (Å²) in [6.07, 6.45) is 0.768. The van der Waals surface area contributed by atoms with Gasteiger partial charge in [0, 0.05) is 5.56 Å². The molecular formula is C18H24N4O2S. The molecule has 0 radical (unpaired) electrons. The van der Waals surface area contributed by atoms with Crippen LogP contribution in [0.25, 0.3) is 0 Å². The fraction of sp³-hybridized carbons (Fsp3) is 0.444. The normalized spacial score (nSPS) is 12.5. The molecule has 25 heavy (non-hydrogen) atoms. The molecule has 7 heteroatoms. The molecule has 1 aromatic carbocycles. The summed E-state index contributed by atoms with van der Waals surface area (Å²) in [5, 5.41) is 14.5. The first-order chi connectivity index (χ1) is 11.7. The third-order valence-corrected chi connectivity index (χ3v) is 4.74. The van der Waals surface area contributed by atoms with Gasteiger partial charge in [0.1, 0.15) is 11.0 Å². The summed E-state index contributed by atoms with van der Waals surface area (Å²) >= 11 is 1.33. The maximum Gasteiger partial charge on any atom is 0.251 e. The highest BCUT2D eigenvalue weighted by molar-refractivity contribution is 7.15. The van der Waals surface area contributed by atoms with Crippen molar-refractivity contribution in [2.45, 2.75) is 52.5 Å². The Labute approximate surface area is 152 Å². The van der Waals surface area contributed by atoms with Gasteiger partial charge in [0.2, 0.25) is 11.0 Å². The van der Waals surface area contributed by atoms with E-state index in [0.29, 0.717) is 10.7 Å². The van der Waals surface area contributed by atoms with E-state index in [4.69, 9.17) is 0 Å². The lowest BCUT2D eigenvalue weighted by Crippen LogP contribution is -2.41. The maximum atomic E-state index is 12.3. The van der Waals surface area contributed by atoms with Gasteiger partial charge >= 0.3 is 0 Å². The molecule has 0 unspecified atom stereocenters. The molecule has 1 aromatic heterocycles. The van der Waals surface area contributed by atoms with Crippen LogP contribution in [0.2, 0.25) is 0 Å². The van der Waals surface area contributed by atoms with Crippen molar-refractivity contribution in [2.24, 2.45) is 0 Å². The SMILES string of the molecule is CCc1nnc(NC(=O)[C@@H](C)NC(=O)c2ccc(C(C)(C)C)cc2)s1. The predicted molar refractivity (Wildman–Crippen MR) is 100.0 cm³/mol. The number of hydrogen-bond donors (Lipinski definition) is 2. The lowest BCUT2D eigenvalue weighted by Gasteiger charge is -2.19. The first-order valence-electron chi connectivity index (χ1n) is 8.25. The summed E-state index contributed by atoms with van der Waals surface area (Å²) in [6.45, 7) is 9.96. The molecule has 1 heterocycles. The van der Waals surface area contributed by atoms with Crippen molar-refractivity contribution < 1.29 is 9.59 Å². The number of amides is 2. The Bertz CT molecular complexity index is 747. The Kier molecular flexibility index (Phi) is 5.89. The largest absolute Gasteiger partial charge is 0.341 e. The van der Waals surface area contributed by atoms with Crippen LogP contribution in [0, 0.1) is 0 Å². The summed E-state index contributed by atoms with van der Waals surface area (Å²) in [6, 6.07) is 6.75. The average molecular weight is 360 g/mol. The van der Waals surface area contributed by atoms with Crippen molar-refractivity contribution in [3.63, 3.8) is 0 Å². The lowest BCUT2D eigenvalue weighted by molar-refractivity contribution is -0.117. The quantitative estimate of drug-likeness (QED) is 0.858. The third kappa shape index (κ3) is 5.09. The van der Waals surface area contributed by atoms with Crippen LogP contribution < -0.4 is 10.6 Å². The molecule has 0 fully saturated rings. The van der Waals surface area contributed by atoms with Crippen molar-refractivity contribution in [1.82, 2.24) is 15.5 Å². The number of aryl methyl sites for hydroxylation is 1. The molecule has 2 N–H and O–H groups in total. The smallest absolute Gasteiger partial charge is 0.251 e. The second-order valence-corrected chi connectivity index (χ2v) is 7.93. The van der Waals surface area contributed by atoms with E-state index in [1.165, 1.54) is 11.3 Å². The van der Waals surface area contributed by atoms with E-state index in [-0.39, 0.29) is 17.2 Å². The standard InChI is InChI=1S/C18H24N4O2S/c1-6-14-21-22-17(25-14)20-15(23)11(2)19-16(24)12-7-9-13(10-8-12)18(3,4)5/h7-11H,6H2,1-5H3,(H,19,24)(H,20,22,23)/t11-/m1/s1. The molecule has 134 valence electrons. The van der Waals surface area contributed by atoms with E-state index in [0.717, 1.165) is 17.0 Å². The minimum Gasteiger partial charge on any atom is -0.341 e. The molecule has 6 nitrogen and oxygen atoms in total. The van der Waals surface area contributed by atoms with Crippen LogP contribution in [0.15, 0.2) is 24.3 Å². The highest BCUT2D eigenvalue weighted by Gasteiger charge is 2.19. The van der Waals surface area contributed by atoms with Gasteiger partial charge in [-0.25, -0.2) is 0 Å². The third-order valence-electron chi connectivity index (χ3n) is 3.75. The molecule has 1 atom stereocenters. The lowest BCUT2D eigenvalue weighted by atomic mass is 9.86. The number of carbonyl (C=O) groups excluding carboxylic acids is 2. The molecule has 0 bridgehead atoms. The summed E-state index contributed by atoms with van der Waals surface area (Å²) in [5.74, 6) is -0.604. The minimum absolute atomic E-state index is 0.0290. The molecule has 2 amide bonds. The fourth-order valence-corrected chi connectivity index (χ4v) is 2.81.